The maximum Gasteiger partial charge on any atom is 0.407 e. The number of aryl methyl sites for hydroxylation is 1. The van der Waals surface area contributed by atoms with Gasteiger partial charge in [0.2, 0.25) is 47.3 Å². The number of methoxy groups -OCH3 is 1. The van der Waals surface area contributed by atoms with Gasteiger partial charge in [-0.3, -0.25) is 67.6 Å². The molecule has 3 aromatic carbocycles. The number of carbonyl (C=O) groups is 12. The average Bonchev–Trinajstić information content (AvgIpc) is 1.69. The van der Waals surface area contributed by atoms with Crippen molar-refractivity contribution in [2.45, 2.75) is 121 Å². The first-order chi connectivity index (χ1) is 49.6. The lowest BCUT2D eigenvalue weighted by Gasteiger charge is -2.38. The first-order valence-corrected chi connectivity index (χ1v) is 35.7. The highest BCUT2D eigenvalue weighted by Gasteiger charge is 2.42. The molecular weight excluding hydrogens is 1370 g/mol. The fourth-order valence-corrected chi connectivity index (χ4v) is 13.4. The van der Waals surface area contributed by atoms with Crippen LogP contribution in [0.3, 0.4) is 0 Å². The molecule has 103 heavy (non-hydrogen) atoms. The smallest absolute Gasteiger partial charge is 0.407 e. The summed E-state index contributed by atoms with van der Waals surface area (Å²) in [5.41, 5.74) is 5.08. The van der Waals surface area contributed by atoms with Crippen molar-refractivity contribution in [1.82, 2.24) is 71.3 Å². The third kappa shape index (κ3) is 18.6. The fourth-order valence-electron chi connectivity index (χ4n) is 12.4. The summed E-state index contributed by atoms with van der Waals surface area (Å²) >= 11 is 4.06. The Hall–Kier alpha value is -11.0. The van der Waals surface area contributed by atoms with Crippen LogP contribution in [-0.4, -0.2) is 193 Å². The number of imide groups is 2. The molecule has 542 valence electrons. The molecule has 10 rings (SSSR count). The Morgan fingerprint density at radius 1 is 0.767 bits per heavy atom. The zero-order valence-corrected chi connectivity index (χ0v) is 59.2. The van der Waals surface area contributed by atoms with Crippen LogP contribution in [-0.2, 0) is 63.3 Å². The summed E-state index contributed by atoms with van der Waals surface area (Å²) < 4.78 is 12.9. The Kier molecular flexibility index (Phi) is 25.1. The molecule has 3 fully saturated rings. The number of hydrogen-bond donors (Lipinski definition) is 9. The average molecular weight is 1450 g/mol. The summed E-state index contributed by atoms with van der Waals surface area (Å²) in [5.74, 6) is -2.95. The number of piperidine rings is 1. The predicted molar refractivity (Wildman–Crippen MR) is 382 cm³/mol. The van der Waals surface area contributed by atoms with Crippen LogP contribution in [0.25, 0.3) is 22.5 Å². The molecule has 4 aliphatic rings. The predicted octanol–water partition coefficient (Wildman–Crippen LogP) is 4.57. The van der Waals surface area contributed by atoms with Crippen molar-refractivity contribution in [3.8, 4) is 28.3 Å². The summed E-state index contributed by atoms with van der Waals surface area (Å²) in [5, 5.41) is 25.8. The van der Waals surface area contributed by atoms with Gasteiger partial charge in [0, 0.05) is 125 Å². The number of nitrogens with one attached hydrogen (secondary N) is 8. The van der Waals surface area contributed by atoms with Crippen LogP contribution in [0, 0.1) is 0 Å². The van der Waals surface area contributed by atoms with Crippen molar-refractivity contribution < 1.29 is 67.0 Å². The summed E-state index contributed by atoms with van der Waals surface area (Å²) in [4.78, 5) is 176. The molecule has 0 bridgehead atoms. The Morgan fingerprint density at radius 2 is 1.50 bits per heavy atom. The summed E-state index contributed by atoms with van der Waals surface area (Å²) in [6.07, 6.45) is 6.82. The van der Waals surface area contributed by atoms with Gasteiger partial charge in [0.1, 0.15) is 59.7 Å². The molecule has 3 aromatic heterocycles. The van der Waals surface area contributed by atoms with Gasteiger partial charge in [-0.25, -0.2) is 19.7 Å². The molecule has 4 aliphatic heterocycles. The normalized spacial score (nSPS) is 16.6. The molecular formula is C70H81N17O14S2. The van der Waals surface area contributed by atoms with E-state index in [1.54, 1.807) is 89.7 Å². The number of rotatable bonds is 30. The third-order valence-electron chi connectivity index (χ3n) is 18.0. The van der Waals surface area contributed by atoms with Crippen LogP contribution in [0.15, 0.2) is 97.6 Å². The standard InChI is InChI=1S/C70H81N17O14S2/c1-40(76-57(88)18-7-6-10-28-86-59(90)34-54(103-102)69(86)98)62(91)77-41(2)63(92)78-44-22-19-42(20-23-44)38-101-70(99)72-27-9-8-16-51(68(97)85-31-29-84(30-32-85)52-17-12-14-46-50(52)37-87(67(46)96)53-24-26-58(89)81-66(53)95)79-64(93)43-21-25-55(73-35-43)80-56-33-48(49(36-74-56)65(94)71-3)45-13-11-15-47(60(45)100-5)61-75-39-83(4)82-61/h11-15,17,19-23,25,33,35-36,39-41,51,53-54,102H,6-10,16,18,24,26-32,34,37-38H2,1-5H3,(H,71,94)(H,72,99)(H,76,88)(H,77,91)(H,78,92)(H,79,93)(H,73,74,80)(H,81,89,95)/t40-,41-,51?,53?,54?/m0/s1. The van der Waals surface area contributed by atoms with E-state index in [1.165, 1.54) is 50.2 Å². The lowest BCUT2D eigenvalue weighted by Crippen LogP contribution is -2.55. The maximum atomic E-state index is 14.6. The van der Waals surface area contributed by atoms with E-state index in [1.807, 2.05) is 12.1 Å². The van der Waals surface area contributed by atoms with Gasteiger partial charge in [0.05, 0.1) is 23.8 Å². The number of piperazine rings is 1. The second-order valence-corrected chi connectivity index (χ2v) is 26.5. The summed E-state index contributed by atoms with van der Waals surface area (Å²) in [7, 11) is 5.83. The number of pyridine rings is 2. The van der Waals surface area contributed by atoms with E-state index in [9.17, 15) is 57.5 Å². The van der Waals surface area contributed by atoms with Crippen LogP contribution in [0.5, 0.6) is 5.75 Å². The molecule has 31 nitrogen and oxygen atoms in total. The number of thiol groups is 1. The number of anilines is 4. The minimum atomic E-state index is -1.01. The molecule has 8 N–H and O–H groups in total. The number of aromatic nitrogens is 5. The van der Waals surface area contributed by atoms with E-state index < -0.39 is 65.0 Å². The first kappa shape index (κ1) is 74.7. The Labute approximate surface area is 602 Å². The number of alkyl carbamates (subject to hydrolysis) is 1. The van der Waals surface area contributed by atoms with E-state index in [0.717, 1.165) is 22.0 Å². The molecule has 3 unspecified atom stereocenters. The van der Waals surface area contributed by atoms with Gasteiger partial charge in [0.15, 0.2) is 5.82 Å². The van der Waals surface area contributed by atoms with E-state index in [0.29, 0.717) is 102 Å². The topological polar surface area (TPSA) is 389 Å². The van der Waals surface area contributed by atoms with Gasteiger partial charge in [-0.2, -0.15) is 5.10 Å². The number of benzene rings is 3. The number of unbranched alkanes of at least 4 members (excludes halogenated alkanes) is 3. The highest BCUT2D eigenvalue weighted by atomic mass is 33.1. The molecule has 12 amide bonds. The molecule has 0 saturated carbocycles. The summed E-state index contributed by atoms with van der Waals surface area (Å²) in [6.45, 7) is 4.82. The second kappa shape index (κ2) is 34.6. The number of nitrogens with zero attached hydrogens (tertiary/aromatic N) is 9. The van der Waals surface area contributed by atoms with Crippen LogP contribution < -0.4 is 52.2 Å². The molecule has 3 saturated heterocycles. The maximum absolute atomic E-state index is 14.6. The van der Waals surface area contributed by atoms with Crippen molar-refractivity contribution >= 4 is 117 Å². The lowest BCUT2D eigenvalue weighted by atomic mass is 9.97. The van der Waals surface area contributed by atoms with Gasteiger partial charge in [0.25, 0.3) is 17.7 Å². The van der Waals surface area contributed by atoms with Crippen molar-refractivity contribution in [2.24, 2.45) is 7.05 Å². The number of amides is 12. The zero-order valence-electron chi connectivity index (χ0n) is 57.4. The van der Waals surface area contributed by atoms with Crippen LogP contribution in [0.4, 0.5) is 27.8 Å². The van der Waals surface area contributed by atoms with Crippen molar-refractivity contribution in [3.63, 3.8) is 0 Å². The summed E-state index contributed by atoms with van der Waals surface area (Å²) in [6, 6.07) is 18.4. The number of para-hydroxylation sites is 1. The third-order valence-corrected chi connectivity index (χ3v) is 19.4. The second-order valence-electron chi connectivity index (χ2n) is 25.1. The van der Waals surface area contributed by atoms with E-state index in [2.05, 4.69) is 79.1 Å². The molecule has 7 heterocycles. The molecule has 0 aliphatic carbocycles. The first-order valence-electron chi connectivity index (χ1n) is 33.8. The fraction of sp³-hybridized carbons (Fsp3) is 0.400. The van der Waals surface area contributed by atoms with Crippen molar-refractivity contribution in [2.75, 3.05) is 69.0 Å². The number of carbonyl (C=O) groups excluding carboxylic acids is 12. The lowest BCUT2D eigenvalue weighted by molar-refractivity contribution is -0.139. The highest BCUT2D eigenvalue weighted by molar-refractivity contribution is 8.69. The van der Waals surface area contributed by atoms with E-state index in [-0.39, 0.29) is 118 Å². The quantitative estimate of drug-likeness (QED) is 0.0129. The SMILES string of the molecule is CNC(=O)c1cnc(Nc2ccc(C(=O)NC(CCCCNC(=O)OCc3ccc(NC(=O)[C@H](C)NC(=O)[C@H](C)NC(=O)CCCCCN4C(=O)CC(SS)C4=O)cc3)C(=O)N3CCN(c4cccc5c4CN(C4CCC(=O)NC4=O)C5=O)CC3)cn2)cc1-c1cccc(-c2ncn(C)n2)c1OC. The van der Waals surface area contributed by atoms with Gasteiger partial charge in [-0.15, -0.1) is 11.7 Å². The van der Waals surface area contributed by atoms with Crippen molar-refractivity contribution in [3.05, 3.63) is 125 Å². The monoisotopic (exact) mass is 1450 g/mol. The number of hydrogen-bond acceptors (Lipinski definition) is 22. The molecule has 6 aromatic rings. The van der Waals surface area contributed by atoms with Gasteiger partial charge in [-0.1, -0.05) is 47.5 Å². The Morgan fingerprint density at radius 3 is 2.20 bits per heavy atom. The minimum absolute atomic E-state index is 0.110. The number of ether oxygens (including phenoxy) is 2. The molecule has 33 heteroatoms. The molecule has 0 radical (unpaired) electrons. The minimum Gasteiger partial charge on any atom is -0.495 e. The van der Waals surface area contributed by atoms with Crippen LogP contribution >= 0.6 is 22.5 Å². The largest absolute Gasteiger partial charge is 0.495 e. The Bertz CT molecular complexity index is 4210. The number of likely N-dealkylation sites (tertiary alicyclic amines) is 1. The van der Waals surface area contributed by atoms with Gasteiger partial charge < -0.3 is 61.4 Å². The molecule has 0 spiro atoms. The van der Waals surface area contributed by atoms with Crippen LogP contribution in [0.2, 0.25) is 0 Å². The van der Waals surface area contributed by atoms with Gasteiger partial charge in [-0.05, 0) is 106 Å². The van der Waals surface area contributed by atoms with E-state index in [4.69, 9.17) is 9.47 Å². The van der Waals surface area contributed by atoms with Crippen molar-refractivity contribution in [1.29, 1.82) is 0 Å². The van der Waals surface area contributed by atoms with Gasteiger partial charge >= 0.3 is 6.09 Å². The number of fused-ring (bicyclic) bond motifs is 1. The molecule has 5 atom stereocenters. The van der Waals surface area contributed by atoms with E-state index >= 15 is 0 Å². The highest BCUT2D eigenvalue weighted by Crippen LogP contribution is 2.40. The van der Waals surface area contributed by atoms with Crippen LogP contribution in [0.1, 0.15) is 120 Å². The zero-order chi connectivity index (χ0) is 73.4. The Balaban J connectivity index is 0.711.